The fraction of sp³-hybridized carbons (Fsp3) is 0.462. The van der Waals surface area contributed by atoms with E-state index in [4.69, 9.17) is 42.4 Å². The number of rotatable bonds is 8. The first-order valence-electron chi connectivity index (χ1n) is 12.0. The van der Waals surface area contributed by atoms with Crippen molar-refractivity contribution in [2.45, 2.75) is 45.3 Å². The smallest absolute Gasteiger partial charge is 0.328 e. The van der Waals surface area contributed by atoms with E-state index in [9.17, 15) is 9.59 Å². The van der Waals surface area contributed by atoms with Gasteiger partial charge in [-0.3, -0.25) is 4.79 Å². The van der Waals surface area contributed by atoms with E-state index in [-0.39, 0.29) is 37.5 Å². The van der Waals surface area contributed by atoms with Gasteiger partial charge in [0.25, 0.3) is 0 Å². The van der Waals surface area contributed by atoms with Gasteiger partial charge < -0.3 is 23.7 Å². The third-order valence-electron chi connectivity index (χ3n) is 6.08. The number of methoxy groups -OCH3 is 1. The summed E-state index contributed by atoms with van der Waals surface area (Å²) in [6.45, 7) is 6.50. The van der Waals surface area contributed by atoms with Crippen LogP contribution in [0.15, 0.2) is 36.9 Å². The van der Waals surface area contributed by atoms with Crippen molar-refractivity contribution in [3.05, 3.63) is 47.0 Å². The fourth-order valence-electron chi connectivity index (χ4n) is 4.48. The zero-order chi connectivity index (χ0) is 26.7. The van der Waals surface area contributed by atoms with Gasteiger partial charge in [0.05, 0.1) is 54.3 Å². The lowest BCUT2D eigenvalue weighted by molar-refractivity contribution is -0.156. The monoisotopic (exact) mass is 548 g/mol. The number of aromatic nitrogens is 3. The van der Waals surface area contributed by atoms with Crippen LogP contribution in [0.4, 0.5) is 5.82 Å². The SMILES string of the molecule is COC(=O)[C@@H]1[C@H](COCCC(=O)OC(C)(C)C)CCN1c1cc(-n2ccnc2)c2ccc(Cl)c(Cl)c2n1. The molecule has 3 aromatic rings. The highest BCUT2D eigenvalue weighted by molar-refractivity contribution is 6.45. The Kier molecular flexibility index (Phi) is 8.26. The number of esters is 2. The summed E-state index contributed by atoms with van der Waals surface area (Å²) in [4.78, 5) is 35.8. The molecular weight excluding hydrogens is 519 g/mol. The van der Waals surface area contributed by atoms with Crippen LogP contribution in [-0.4, -0.2) is 65.0 Å². The minimum atomic E-state index is -0.620. The number of imidazole rings is 1. The summed E-state index contributed by atoms with van der Waals surface area (Å²) in [5.41, 5.74) is 0.780. The molecule has 0 amide bonds. The minimum absolute atomic E-state index is 0.135. The van der Waals surface area contributed by atoms with Crippen LogP contribution < -0.4 is 4.90 Å². The maximum absolute atomic E-state index is 12.9. The maximum atomic E-state index is 12.9. The Labute approximate surface area is 225 Å². The molecule has 9 nitrogen and oxygen atoms in total. The Morgan fingerprint density at radius 3 is 2.68 bits per heavy atom. The quantitative estimate of drug-likeness (QED) is 0.291. The van der Waals surface area contributed by atoms with E-state index in [0.29, 0.717) is 34.3 Å². The van der Waals surface area contributed by atoms with E-state index >= 15 is 0 Å². The van der Waals surface area contributed by atoms with Gasteiger partial charge in [0.2, 0.25) is 0 Å². The highest BCUT2D eigenvalue weighted by atomic mass is 35.5. The molecule has 0 bridgehead atoms. The summed E-state index contributed by atoms with van der Waals surface area (Å²) in [5, 5.41) is 1.52. The highest BCUT2D eigenvalue weighted by Crippen LogP contribution is 2.37. The zero-order valence-corrected chi connectivity index (χ0v) is 22.8. The summed E-state index contributed by atoms with van der Waals surface area (Å²) in [6.07, 6.45) is 6.00. The van der Waals surface area contributed by atoms with E-state index in [2.05, 4.69) is 4.98 Å². The van der Waals surface area contributed by atoms with Gasteiger partial charge in [0.15, 0.2) is 0 Å². The molecule has 1 fully saturated rings. The van der Waals surface area contributed by atoms with Crippen molar-refractivity contribution in [2.24, 2.45) is 5.92 Å². The molecule has 37 heavy (non-hydrogen) atoms. The molecule has 2 atom stereocenters. The first-order valence-corrected chi connectivity index (χ1v) is 12.8. The van der Waals surface area contributed by atoms with Crippen molar-refractivity contribution in [1.82, 2.24) is 14.5 Å². The van der Waals surface area contributed by atoms with Crippen LogP contribution in [0.3, 0.4) is 0 Å². The summed E-state index contributed by atoms with van der Waals surface area (Å²) < 4.78 is 18.1. The second kappa shape index (κ2) is 11.2. The number of carbonyl (C=O) groups excluding carboxylic acids is 2. The molecule has 1 aliphatic rings. The molecular formula is C26H30Cl2N4O5. The predicted molar refractivity (Wildman–Crippen MR) is 141 cm³/mol. The number of halogens is 2. The number of carbonyl (C=O) groups is 2. The number of hydrogen-bond acceptors (Lipinski definition) is 8. The standard InChI is InChI=1S/C26H30Cl2N4O5/c1-26(2,3)37-21(33)8-12-36-14-16-7-10-32(24(16)25(34)35-4)20-13-19(31-11-9-29-15-31)17-5-6-18(27)22(28)23(17)30-20/h5-6,9,11,13,15-16,24H,7-8,10,12,14H2,1-4H3/t16-,24-/m0/s1. The van der Waals surface area contributed by atoms with E-state index in [0.717, 1.165) is 11.1 Å². The number of ether oxygens (including phenoxy) is 3. The van der Waals surface area contributed by atoms with Crippen molar-refractivity contribution in [1.29, 1.82) is 0 Å². The van der Waals surface area contributed by atoms with Crippen LogP contribution in [0.1, 0.15) is 33.6 Å². The summed E-state index contributed by atoms with van der Waals surface area (Å²) >= 11 is 12.9. The Hall–Kier alpha value is -2.88. The second-order valence-corrected chi connectivity index (χ2v) is 10.6. The lowest BCUT2D eigenvalue weighted by Gasteiger charge is -2.28. The molecule has 0 unspecified atom stereocenters. The Morgan fingerprint density at radius 1 is 1.22 bits per heavy atom. The van der Waals surface area contributed by atoms with Crippen molar-refractivity contribution in [3.63, 3.8) is 0 Å². The molecule has 0 saturated carbocycles. The van der Waals surface area contributed by atoms with E-state index in [1.807, 2.05) is 48.6 Å². The molecule has 2 aromatic heterocycles. The van der Waals surface area contributed by atoms with Crippen molar-refractivity contribution >= 4 is 51.9 Å². The lowest BCUT2D eigenvalue weighted by Crippen LogP contribution is -2.42. The van der Waals surface area contributed by atoms with Crippen LogP contribution in [-0.2, 0) is 23.8 Å². The highest BCUT2D eigenvalue weighted by Gasteiger charge is 2.41. The number of nitrogens with zero attached hydrogens (tertiary/aromatic N) is 4. The van der Waals surface area contributed by atoms with E-state index in [1.165, 1.54) is 7.11 Å². The molecule has 4 rings (SSSR count). The van der Waals surface area contributed by atoms with Crippen LogP contribution in [0.25, 0.3) is 16.6 Å². The Morgan fingerprint density at radius 2 is 2.00 bits per heavy atom. The normalized spacial score (nSPS) is 17.8. The average Bonchev–Trinajstić information content (AvgIpc) is 3.52. The van der Waals surface area contributed by atoms with Gasteiger partial charge >= 0.3 is 11.9 Å². The van der Waals surface area contributed by atoms with Crippen LogP contribution in [0, 0.1) is 5.92 Å². The zero-order valence-electron chi connectivity index (χ0n) is 21.2. The number of hydrogen-bond donors (Lipinski definition) is 0. The van der Waals surface area contributed by atoms with Gasteiger partial charge in [-0.25, -0.2) is 14.8 Å². The minimum Gasteiger partial charge on any atom is -0.467 e. The van der Waals surface area contributed by atoms with E-state index < -0.39 is 11.6 Å². The van der Waals surface area contributed by atoms with Crippen molar-refractivity contribution in [2.75, 3.05) is 31.8 Å². The average molecular weight is 549 g/mol. The number of pyridine rings is 1. The van der Waals surface area contributed by atoms with Crippen molar-refractivity contribution < 1.29 is 23.8 Å². The lowest BCUT2D eigenvalue weighted by atomic mass is 10.0. The molecule has 0 aliphatic carbocycles. The predicted octanol–water partition coefficient (Wildman–Crippen LogP) is 4.84. The molecule has 3 heterocycles. The molecule has 1 aromatic carbocycles. The van der Waals surface area contributed by atoms with E-state index in [1.54, 1.807) is 18.6 Å². The summed E-state index contributed by atoms with van der Waals surface area (Å²) in [6, 6.07) is 4.87. The van der Waals surface area contributed by atoms with Crippen LogP contribution in [0.5, 0.6) is 0 Å². The number of anilines is 1. The van der Waals surface area contributed by atoms with Crippen molar-refractivity contribution in [3.8, 4) is 5.69 Å². The van der Waals surface area contributed by atoms with Gasteiger partial charge in [-0.1, -0.05) is 23.2 Å². The molecule has 198 valence electrons. The fourth-order valence-corrected chi connectivity index (χ4v) is 4.84. The third kappa shape index (κ3) is 6.17. The van der Waals surface area contributed by atoms with Gasteiger partial charge in [-0.05, 0) is 39.3 Å². The molecule has 11 heteroatoms. The summed E-state index contributed by atoms with van der Waals surface area (Å²) in [5.74, 6) is -0.309. The van der Waals surface area contributed by atoms with Crippen LogP contribution in [0.2, 0.25) is 10.0 Å². The molecule has 0 spiro atoms. The Balaban J connectivity index is 1.58. The first-order chi connectivity index (χ1) is 17.6. The molecule has 1 aliphatic heterocycles. The Bertz CT molecular complexity index is 1280. The number of benzene rings is 1. The topological polar surface area (TPSA) is 95.8 Å². The van der Waals surface area contributed by atoms with Gasteiger partial charge in [-0.2, -0.15) is 0 Å². The largest absolute Gasteiger partial charge is 0.467 e. The number of fused-ring (bicyclic) bond motifs is 1. The van der Waals surface area contributed by atoms with Gasteiger partial charge in [-0.15, -0.1) is 0 Å². The summed E-state index contributed by atoms with van der Waals surface area (Å²) in [7, 11) is 1.36. The maximum Gasteiger partial charge on any atom is 0.328 e. The molecule has 0 radical (unpaired) electrons. The third-order valence-corrected chi connectivity index (χ3v) is 6.88. The molecule has 0 N–H and O–H groups in total. The first kappa shape index (κ1) is 27.2. The second-order valence-electron chi connectivity index (χ2n) is 9.85. The van der Waals surface area contributed by atoms with Gasteiger partial charge in [0, 0.05) is 36.3 Å². The molecule has 1 saturated heterocycles. The van der Waals surface area contributed by atoms with Gasteiger partial charge in [0.1, 0.15) is 17.5 Å². The van der Waals surface area contributed by atoms with Crippen LogP contribution >= 0.6 is 23.2 Å².